The van der Waals surface area contributed by atoms with E-state index >= 15 is 0 Å². The molecule has 2 N–H and O–H groups in total. The Morgan fingerprint density at radius 3 is 2.87 bits per heavy atom. The van der Waals surface area contributed by atoms with E-state index in [1.165, 1.54) is 0 Å². The van der Waals surface area contributed by atoms with E-state index in [0.29, 0.717) is 0 Å². The first kappa shape index (κ1) is 9.36. The van der Waals surface area contributed by atoms with Crippen molar-refractivity contribution >= 4 is 27.5 Å². The van der Waals surface area contributed by atoms with Crippen molar-refractivity contribution in [2.24, 2.45) is 5.73 Å². The Labute approximate surface area is 96.4 Å². The molecule has 0 saturated heterocycles. The molecule has 1 heterocycles. The number of nitrogens with zero attached hydrogens (tertiary/aromatic N) is 1. The van der Waals surface area contributed by atoms with Crippen molar-refractivity contribution in [2.45, 2.75) is 17.9 Å². The normalized spacial score (nSPS) is 32.3. The first-order chi connectivity index (χ1) is 7.07. The van der Waals surface area contributed by atoms with Crippen molar-refractivity contribution in [2.75, 3.05) is 11.9 Å². The fourth-order valence-electron chi connectivity index (χ4n) is 2.53. The second-order valence-electron chi connectivity index (χ2n) is 4.31. The number of fused-ring (bicyclic) bond motifs is 2. The lowest BCUT2D eigenvalue weighted by Crippen LogP contribution is -2.32. The number of hydrogen-bond donors (Lipinski definition) is 1. The van der Waals surface area contributed by atoms with Crippen LogP contribution in [-0.2, 0) is 10.2 Å². The van der Waals surface area contributed by atoms with E-state index < -0.39 is 5.41 Å². The average molecular weight is 267 g/mol. The zero-order valence-corrected chi connectivity index (χ0v) is 9.91. The van der Waals surface area contributed by atoms with Crippen LogP contribution in [0.25, 0.3) is 0 Å². The SMILES string of the molecule is CN1C(=O)C2(CC2N)c2cc(Br)ccc21. The molecule has 4 heteroatoms. The number of rotatable bonds is 0. The summed E-state index contributed by atoms with van der Waals surface area (Å²) in [5.41, 5.74) is 7.59. The average Bonchev–Trinajstić information content (AvgIpc) is 2.84. The van der Waals surface area contributed by atoms with Gasteiger partial charge in [0, 0.05) is 23.2 Å². The summed E-state index contributed by atoms with van der Waals surface area (Å²) in [6.07, 6.45) is 0.777. The van der Waals surface area contributed by atoms with Crippen molar-refractivity contribution in [3.05, 3.63) is 28.2 Å². The van der Waals surface area contributed by atoms with Crippen molar-refractivity contribution in [1.29, 1.82) is 0 Å². The molecule has 78 valence electrons. The topological polar surface area (TPSA) is 46.3 Å². The van der Waals surface area contributed by atoms with Gasteiger partial charge in [0.2, 0.25) is 5.91 Å². The Hall–Kier alpha value is -0.870. The fraction of sp³-hybridized carbons (Fsp3) is 0.364. The van der Waals surface area contributed by atoms with Gasteiger partial charge < -0.3 is 10.6 Å². The molecule has 1 aromatic carbocycles. The third-order valence-electron chi connectivity index (χ3n) is 3.50. The van der Waals surface area contributed by atoms with Crippen LogP contribution in [0.4, 0.5) is 5.69 Å². The second kappa shape index (κ2) is 2.62. The summed E-state index contributed by atoms with van der Waals surface area (Å²) in [5, 5.41) is 0. The van der Waals surface area contributed by atoms with Crippen LogP contribution in [0.15, 0.2) is 22.7 Å². The zero-order chi connectivity index (χ0) is 10.8. The summed E-state index contributed by atoms with van der Waals surface area (Å²) in [4.78, 5) is 13.8. The summed E-state index contributed by atoms with van der Waals surface area (Å²) >= 11 is 3.43. The van der Waals surface area contributed by atoms with Crippen LogP contribution in [0.1, 0.15) is 12.0 Å². The van der Waals surface area contributed by atoms with Gasteiger partial charge in [-0.25, -0.2) is 0 Å². The molecule has 1 amide bonds. The van der Waals surface area contributed by atoms with Gasteiger partial charge in [-0.15, -0.1) is 0 Å². The molecule has 2 atom stereocenters. The van der Waals surface area contributed by atoms with Crippen LogP contribution in [0, 0.1) is 0 Å². The van der Waals surface area contributed by atoms with Crippen molar-refractivity contribution in [3.63, 3.8) is 0 Å². The predicted molar refractivity (Wildman–Crippen MR) is 61.8 cm³/mol. The van der Waals surface area contributed by atoms with E-state index in [9.17, 15) is 4.79 Å². The molecule has 3 rings (SSSR count). The molecule has 1 aromatic rings. The molecular weight excluding hydrogens is 256 g/mol. The number of carbonyl (C=O) groups excluding carboxylic acids is 1. The molecule has 1 aliphatic heterocycles. The monoisotopic (exact) mass is 266 g/mol. The number of carbonyl (C=O) groups is 1. The van der Waals surface area contributed by atoms with E-state index in [1.54, 1.807) is 4.90 Å². The lowest BCUT2D eigenvalue weighted by Gasteiger charge is -2.09. The Balaban J connectivity index is 2.25. The first-order valence-corrected chi connectivity index (χ1v) is 5.70. The summed E-state index contributed by atoms with van der Waals surface area (Å²) < 4.78 is 1.00. The molecule has 1 aliphatic carbocycles. The Bertz CT molecular complexity index is 474. The van der Waals surface area contributed by atoms with Crippen LogP contribution in [-0.4, -0.2) is 19.0 Å². The van der Waals surface area contributed by atoms with Gasteiger partial charge in [0.1, 0.15) is 0 Å². The van der Waals surface area contributed by atoms with Gasteiger partial charge in [-0.1, -0.05) is 15.9 Å². The number of benzene rings is 1. The maximum absolute atomic E-state index is 12.1. The molecular formula is C11H11BrN2O. The predicted octanol–water partition coefficient (Wildman–Crippen LogP) is 1.39. The zero-order valence-electron chi connectivity index (χ0n) is 8.33. The highest BCUT2D eigenvalue weighted by molar-refractivity contribution is 9.10. The number of nitrogens with two attached hydrogens (primary N) is 1. The first-order valence-electron chi connectivity index (χ1n) is 4.91. The minimum Gasteiger partial charge on any atom is -0.326 e. The van der Waals surface area contributed by atoms with E-state index in [1.807, 2.05) is 25.2 Å². The van der Waals surface area contributed by atoms with Crippen LogP contribution < -0.4 is 10.6 Å². The number of halogens is 1. The van der Waals surface area contributed by atoms with Crippen molar-refractivity contribution < 1.29 is 4.79 Å². The van der Waals surface area contributed by atoms with Gasteiger partial charge in [-0.05, 0) is 30.2 Å². The Kier molecular flexibility index (Phi) is 1.64. The van der Waals surface area contributed by atoms with Gasteiger partial charge in [-0.3, -0.25) is 4.79 Å². The fourth-order valence-corrected chi connectivity index (χ4v) is 2.89. The molecule has 2 unspecified atom stereocenters. The van der Waals surface area contributed by atoms with E-state index in [-0.39, 0.29) is 11.9 Å². The van der Waals surface area contributed by atoms with E-state index in [4.69, 9.17) is 5.73 Å². The minimum absolute atomic E-state index is 0.0111. The number of likely N-dealkylation sites (N-methyl/N-ethyl adjacent to an activating group) is 1. The molecule has 15 heavy (non-hydrogen) atoms. The van der Waals surface area contributed by atoms with Crippen LogP contribution in [0.5, 0.6) is 0 Å². The number of amides is 1. The Morgan fingerprint density at radius 1 is 1.60 bits per heavy atom. The summed E-state index contributed by atoms with van der Waals surface area (Å²) in [7, 11) is 1.81. The quantitative estimate of drug-likeness (QED) is 0.772. The minimum atomic E-state index is -0.409. The molecule has 0 bridgehead atoms. The maximum Gasteiger partial charge on any atom is 0.239 e. The van der Waals surface area contributed by atoms with E-state index in [2.05, 4.69) is 15.9 Å². The smallest absolute Gasteiger partial charge is 0.239 e. The summed E-state index contributed by atoms with van der Waals surface area (Å²) in [6.45, 7) is 0. The molecule has 3 nitrogen and oxygen atoms in total. The third kappa shape index (κ3) is 0.961. The van der Waals surface area contributed by atoms with Crippen LogP contribution >= 0.6 is 15.9 Å². The second-order valence-corrected chi connectivity index (χ2v) is 5.22. The highest BCUT2D eigenvalue weighted by Gasteiger charge is 2.64. The van der Waals surface area contributed by atoms with Crippen LogP contribution in [0.3, 0.4) is 0 Å². The standard InChI is InChI=1S/C11H11BrN2O/c1-14-8-3-2-6(12)4-7(8)11(10(14)15)5-9(11)13/h2-4,9H,5,13H2,1H3. The molecule has 1 fully saturated rings. The van der Waals surface area contributed by atoms with Crippen molar-refractivity contribution in [3.8, 4) is 0 Å². The number of anilines is 1. The summed E-state index contributed by atoms with van der Waals surface area (Å²) in [6, 6.07) is 5.93. The van der Waals surface area contributed by atoms with Gasteiger partial charge in [0.25, 0.3) is 0 Å². The molecule has 2 aliphatic rings. The molecule has 0 radical (unpaired) electrons. The van der Waals surface area contributed by atoms with Gasteiger partial charge in [0.05, 0.1) is 5.41 Å². The Morgan fingerprint density at radius 2 is 2.27 bits per heavy atom. The lowest BCUT2D eigenvalue weighted by molar-refractivity contribution is -0.120. The van der Waals surface area contributed by atoms with Gasteiger partial charge >= 0.3 is 0 Å². The molecule has 1 saturated carbocycles. The third-order valence-corrected chi connectivity index (χ3v) is 3.99. The summed E-state index contributed by atoms with van der Waals surface area (Å²) in [5.74, 6) is 0.142. The molecule has 1 spiro atoms. The van der Waals surface area contributed by atoms with Crippen LogP contribution in [0.2, 0.25) is 0 Å². The van der Waals surface area contributed by atoms with Gasteiger partial charge in [0.15, 0.2) is 0 Å². The van der Waals surface area contributed by atoms with Gasteiger partial charge in [-0.2, -0.15) is 0 Å². The highest BCUT2D eigenvalue weighted by atomic mass is 79.9. The largest absolute Gasteiger partial charge is 0.326 e. The molecule has 0 aromatic heterocycles. The van der Waals surface area contributed by atoms with E-state index in [0.717, 1.165) is 22.1 Å². The van der Waals surface area contributed by atoms with Crippen molar-refractivity contribution in [1.82, 2.24) is 0 Å². The number of hydrogen-bond acceptors (Lipinski definition) is 2. The maximum atomic E-state index is 12.1. The lowest BCUT2D eigenvalue weighted by atomic mass is 9.97. The highest BCUT2D eigenvalue weighted by Crippen LogP contribution is 2.56.